The summed E-state index contributed by atoms with van der Waals surface area (Å²) < 4.78 is 0. The Kier molecular flexibility index (Phi) is 11.2. The van der Waals surface area contributed by atoms with E-state index in [1.807, 2.05) is 6.07 Å². The maximum absolute atomic E-state index is 13.7. The summed E-state index contributed by atoms with van der Waals surface area (Å²) in [6, 6.07) is 10.4. The molecule has 0 aliphatic heterocycles. The van der Waals surface area contributed by atoms with Crippen molar-refractivity contribution in [3.63, 3.8) is 0 Å². The number of unbranched alkanes of at least 4 members (excludes halogenated alkanes) is 5. The Bertz CT molecular complexity index is 1060. The lowest BCUT2D eigenvalue weighted by molar-refractivity contribution is -0.207. The number of fused-ring (bicyclic) bond motifs is 5. The molecule has 44 heavy (non-hydrogen) atoms. The van der Waals surface area contributed by atoms with Gasteiger partial charge in [-0.2, -0.15) is 0 Å². The van der Waals surface area contributed by atoms with E-state index < -0.39 is 0 Å². The van der Waals surface area contributed by atoms with Crippen molar-refractivity contribution in [1.82, 2.24) is 4.90 Å². The van der Waals surface area contributed by atoms with Gasteiger partial charge in [-0.15, -0.1) is 0 Å². The van der Waals surface area contributed by atoms with Crippen LogP contribution >= 0.6 is 0 Å². The third-order valence-electron chi connectivity index (χ3n) is 13.7. The molecular formula is C39H63NO4. The number of rotatable bonds is 13. The van der Waals surface area contributed by atoms with Crippen LogP contribution in [-0.4, -0.2) is 51.0 Å². The Hall–Kier alpha value is -1.43. The molecule has 0 saturated heterocycles. The molecule has 5 unspecified atom stereocenters. The molecule has 4 fully saturated rings. The molecule has 0 heterocycles. The number of carbonyl (C=O) groups excluding carboxylic acids is 1. The van der Waals surface area contributed by atoms with Crippen molar-refractivity contribution in [2.24, 2.45) is 46.3 Å². The summed E-state index contributed by atoms with van der Waals surface area (Å²) >= 11 is 0. The Balaban J connectivity index is 1.22. The molecule has 1 aromatic rings. The maximum Gasteiger partial charge on any atom is 0.222 e. The minimum Gasteiger partial charge on any atom is -0.393 e. The number of amides is 1. The fourth-order valence-corrected chi connectivity index (χ4v) is 11.0. The molecule has 5 heteroatoms. The van der Waals surface area contributed by atoms with Gasteiger partial charge in [0.1, 0.15) is 0 Å². The molecule has 0 radical (unpaired) electrons. The first-order valence-electron chi connectivity index (χ1n) is 18.4. The van der Waals surface area contributed by atoms with E-state index in [0.29, 0.717) is 42.6 Å². The van der Waals surface area contributed by atoms with Crippen molar-refractivity contribution in [2.75, 3.05) is 6.54 Å². The lowest BCUT2D eigenvalue weighted by atomic mass is 9.43. The highest BCUT2D eigenvalue weighted by atomic mass is 16.3. The van der Waals surface area contributed by atoms with Gasteiger partial charge in [0.05, 0.1) is 18.3 Å². The van der Waals surface area contributed by atoms with Crippen molar-refractivity contribution in [3.05, 3.63) is 35.9 Å². The minimum absolute atomic E-state index is 0.0970. The van der Waals surface area contributed by atoms with Crippen molar-refractivity contribution < 1.29 is 20.1 Å². The molecule has 248 valence electrons. The summed E-state index contributed by atoms with van der Waals surface area (Å²) in [5.41, 5.74) is 1.07. The van der Waals surface area contributed by atoms with E-state index in [4.69, 9.17) is 0 Å². The maximum atomic E-state index is 13.7. The van der Waals surface area contributed by atoms with Crippen molar-refractivity contribution in [2.45, 2.75) is 149 Å². The van der Waals surface area contributed by atoms with Crippen molar-refractivity contribution in [3.8, 4) is 0 Å². The SMILES string of the molecule is CCCCCCCCN(Cc1ccccc1)C(=O)CCC(C)C1CC[C@H]2C3[C@H](O)CC4C[C@H](O)CC[C@]4(C)[C@H]3C[C@H](O)C12C. The Morgan fingerprint density at radius 3 is 2.41 bits per heavy atom. The van der Waals surface area contributed by atoms with E-state index in [1.165, 1.54) is 37.7 Å². The van der Waals surface area contributed by atoms with Gasteiger partial charge in [0.25, 0.3) is 0 Å². The Labute approximate surface area is 268 Å². The highest BCUT2D eigenvalue weighted by molar-refractivity contribution is 5.76. The lowest BCUT2D eigenvalue weighted by Crippen LogP contribution is -2.62. The predicted octanol–water partition coefficient (Wildman–Crippen LogP) is 7.75. The van der Waals surface area contributed by atoms with Crippen LogP contribution in [0, 0.1) is 46.3 Å². The monoisotopic (exact) mass is 609 g/mol. The Morgan fingerprint density at radius 2 is 1.66 bits per heavy atom. The van der Waals surface area contributed by atoms with Crippen LogP contribution in [0.4, 0.5) is 0 Å². The largest absolute Gasteiger partial charge is 0.393 e. The van der Waals surface area contributed by atoms with E-state index in [2.05, 4.69) is 56.9 Å². The average Bonchev–Trinajstić information content (AvgIpc) is 3.37. The zero-order chi connectivity index (χ0) is 31.5. The van der Waals surface area contributed by atoms with Crippen LogP contribution in [0.15, 0.2) is 30.3 Å². The number of aliphatic hydroxyl groups is 3. The zero-order valence-corrected chi connectivity index (χ0v) is 28.3. The van der Waals surface area contributed by atoms with Crippen molar-refractivity contribution in [1.29, 1.82) is 0 Å². The van der Waals surface area contributed by atoms with Gasteiger partial charge in [-0.25, -0.2) is 0 Å². The average molecular weight is 610 g/mol. The summed E-state index contributed by atoms with van der Waals surface area (Å²) in [4.78, 5) is 15.8. The molecule has 3 N–H and O–H groups in total. The van der Waals surface area contributed by atoms with Gasteiger partial charge in [0, 0.05) is 19.5 Å². The van der Waals surface area contributed by atoms with Crippen LogP contribution in [-0.2, 0) is 11.3 Å². The molecule has 4 saturated carbocycles. The summed E-state index contributed by atoms with van der Waals surface area (Å²) in [5, 5.41) is 33.9. The molecule has 4 aliphatic rings. The third-order valence-corrected chi connectivity index (χ3v) is 13.7. The number of hydrogen-bond acceptors (Lipinski definition) is 4. The highest BCUT2D eigenvalue weighted by Gasteiger charge is 2.65. The molecular weight excluding hydrogens is 546 g/mol. The van der Waals surface area contributed by atoms with Crippen LogP contribution < -0.4 is 0 Å². The number of aliphatic hydroxyl groups excluding tert-OH is 3. The van der Waals surface area contributed by atoms with Crippen LogP contribution in [0.2, 0.25) is 0 Å². The quantitative estimate of drug-likeness (QED) is 0.200. The number of benzene rings is 1. The molecule has 5 nitrogen and oxygen atoms in total. The molecule has 0 spiro atoms. The van der Waals surface area contributed by atoms with Gasteiger partial charge in [-0.05, 0) is 110 Å². The molecule has 1 aromatic carbocycles. The van der Waals surface area contributed by atoms with Gasteiger partial charge in [0.2, 0.25) is 5.91 Å². The minimum atomic E-state index is -0.378. The van der Waals surface area contributed by atoms with Crippen LogP contribution in [0.3, 0.4) is 0 Å². The van der Waals surface area contributed by atoms with Gasteiger partial charge < -0.3 is 20.2 Å². The fraction of sp³-hybridized carbons (Fsp3) is 0.821. The fourth-order valence-electron chi connectivity index (χ4n) is 11.0. The second-order valence-electron chi connectivity index (χ2n) is 16.1. The molecule has 0 aromatic heterocycles. The second kappa shape index (κ2) is 14.6. The summed E-state index contributed by atoms with van der Waals surface area (Å²) in [5.74, 6) is 2.19. The molecule has 0 bridgehead atoms. The molecule has 5 rings (SSSR count). The topological polar surface area (TPSA) is 81.0 Å². The first kappa shape index (κ1) is 33.9. The number of hydrogen-bond donors (Lipinski definition) is 3. The highest BCUT2D eigenvalue weighted by Crippen LogP contribution is 2.68. The van der Waals surface area contributed by atoms with E-state index in [9.17, 15) is 20.1 Å². The summed E-state index contributed by atoms with van der Waals surface area (Å²) in [6.45, 7) is 10.8. The normalized spacial score (nSPS) is 38.8. The van der Waals surface area contributed by atoms with E-state index in [0.717, 1.165) is 64.3 Å². The van der Waals surface area contributed by atoms with Gasteiger partial charge in [-0.3, -0.25) is 4.79 Å². The van der Waals surface area contributed by atoms with E-state index in [-0.39, 0.29) is 41.0 Å². The summed E-state index contributed by atoms with van der Waals surface area (Å²) in [6.07, 6.45) is 14.1. The van der Waals surface area contributed by atoms with Crippen LogP contribution in [0.5, 0.6) is 0 Å². The molecule has 1 amide bonds. The zero-order valence-electron chi connectivity index (χ0n) is 28.3. The first-order valence-corrected chi connectivity index (χ1v) is 18.4. The van der Waals surface area contributed by atoms with Crippen molar-refractivity contribution >= 4 is 5.91 Å². The summed E-state index contributed by atoms with van der Waals surface area (Å²) in [7, 11) is 0. The van der Waals surface area contributed by atoms with E-state index in [1.54, 1.807) is 0 Å². The van der Waals surface area contributed by atoms with Crippen LogP contribution in [0.25, 0.3) is 0 Å². The van der Waals surface area contributed by atoms with Crippen LogP contribution in [0.1, 0.15) is 130 Å². The van der Waals surface area contributed by atoms with Gasteiger partial charge in [-0.1, -0.05) is 90.1 Å². The van der Waals surface area contributed by atoms with E-state index >= 15 is 0 Å². The molecule has 11 atom stereocenters. The Morgan fingerprint density at radius 1 is 0.932 bits per heavy atom. The standard InChI is InChI=1S/C39H63NO4/c1-5-6-7-8-9-13-22-40(26-28-14-11-10-12-15-28)36(44)19-16-27(2)31-17-18-32-37-33(25-35(43)39(31,32)4)38(3)21-20-30(41)23-29(38)24-34(37)42/h10-12,14-15,27,29-35,37,41-43H,5-9,13,16-26H2,1-4H3/t27?,29?,30-,31?,32+,33+,34-,35+,37?,38+,39?/m1/s1. The smallest absolute Gasteiger partial charge is 0.222 e. The third kappa shape index (κ3) is 6.81. The lowest BCUT2D eigenvalue weighted by Gasteiger charge is -2.63. The molecule has 4 aliphatic carbocycles. The number of carbonyl (C=O) groups is 1. The first-order chi connectivity index (χ1) is 21.1. The second-order valence-corrected chi connectivity index (χ2v) is 16.1. The van der Waals surface area contributed by atoms with Gasteiger partial charge >= 0.3 is 0 Å². The number of nitrogens with zero attached hydrogens (tertiary/aromatic N) is 1. The predicted molar refractivity (Wildman–Crippen MR) is 178 cm³/mol. The van der Waals surface area contributed by atoms with Gasteiger partial charge in [0.15, 0.2) is 0 Å².